The van der Waals surface area contributed by atoms with Crippen LogP contribution in [0.25, 0.3) is 0 Å². The van der Waals surface area contributed by atoms with Crippen LogP contribution in [0.3, 0.4) is 0 Å². The number of aromatic nitrogens is 1. The molecule has 1 aromatic heterocycles. The van der Waals surface area contributed by atoms with Gasteiger partial charge in [-0.1, -0.05) is 13.8 Å². The standard InChI is InChI=1S/C17H30N4O2.HI/c1-4-19-17(20-9-12-22-11-7-15(2)3)21-10-13-23-16-6-5-8-18-14-16;/h5-6,8,14-15H,4,7,9-13H2,1-3H3,(H2,19,20,21);1H. The Morgan fingerprint density at radius 2 is 2.08 bits per heavy atom. The van der Waals surface area contributed by atoms with E-state index in [0.717, 1.165) is 31.3 Å². The van der Waals surface area contributed by atoms with Gasteiger partial charge in [0, 0.05) is 19.3 Å². The third kappa shape index (κ3) is 12.3. The molecule has 0 atom stereocenters. The van der Waals surface area contributed by atoms with E-state index in [4.69, 9.17) is 9.47 Å². The second-order valence-electron chi connectivity index (χ2n) is 5.52. The molecule has 1 heterocycles. The summed E-state index contributed by atoms with van der Waals surface area (Å²) < 4.78 is 11.1. The van der Waals surface area contributed by atoms with Crippen molar-refractivity contribution in [1.82, 2.24) is 15.6 Å². The predicted octanol–water partition coefficient (Wildman–Crippen LogP) is 2.70. The van der Waals surface area contributed by atoms with Gasteiger partial charge in [0.15, 0.2) is 5.96 Å². The number of guanidine groups is 1. The van der Waals surface area contributed by atoms with Gasteiger partial charge in [-0.25, -0.2) is 0 Å². The van der Waals surface area contributed by atoms with Crippen molar-refractivity contribution in [2.45, 2.75) is 27.2 Å². The molecule has 0 amide bonds. The first-order chi connectivity index (χ1) is 11.2. The zero-order valence-corrected chi connectivity index (χ0v) is 17.3. The first-order valence-corrected chi connectivity index (χ1v) is 8.35. The molecule has 7 heteroatoms. The summed E-state index contributed by atoms with van der Waals surface area (Å²) in [6.07, 6.45) is 4.52. The van der Waals surface area contributed by atoms with Crippen molar-refractivity contribution in [3.63, 3.8) is 0 Å². The molecule has 24 heavy (non-hydrogen) atoms. The van der Waals surface area contributed by atoms with E-state index >= 15 is 0 Å². The van der Waals surface area contributed by atoms with Crippen molar-refractivity contribution in [3.05, 3.63) is 24.5 Å². The lowest BCUT2D eigenvalue weighted by Gasteiger charge is -2.12. The van der Waals surface area contributed by atoms with E-state index < -0.39 is 0 Å². The highest BCUT2D eigenvalue weighted by atomic mass is 127. The largest absolute Gasteiger partial charge is 0.490 e. The highest BCUT2D eigenvalue weighted by Crippen LogP contribution is 2.04. The molecule has 0 radical (unpaired) electrons. The van der Waals surface area contributed by atoms with Gasteiger partial charge in [0.2, 0.25) is 0 Å². The molecule has 2 N–H and O–H groups in total. The van der Waals surface area contributed by atoms with Crippen molar-refractivity contribution in [2.75, 3.05) is 39.5 Å². The van der Waals surface area contributed by atoms with Crippen LogP contribution in [0.5, 0.6) is 5.75 Å². The monoisotopic (exact) mass is 450 g/mol. The number of hydrogen-bond acceptors (Lipinski definition) is 4. The summed E-state index contributed by atoms with van der Waals surface area (Å²) in [6.45, 7) is 10.6. The SMILES string of the molecule is CCNC(=NCCOCCC(C)C)NCCOc1cccnc1.I. The zero-order chi connectivity index (χ0) is 16.8. The first-order valence-electron chi connectivity index (χ1n) is 8.35. The molecule has 6 nitrogen and oxygen atoms in total. The van der Waals surface area contributed by atoms with Crippen LogP contribution in [0.15, 0.2) is 29.5 Å². The first kappa shape index (κ1) is 22.9. The minimum absolute atomic E-state index is 0. The maximum atomic E-state index is 5.58. The van der Waals surface area contributed by atoms with E-state index in [2.05, 4.69) is 34.5 Å². The summed E-state index contributed by atoms with van der Waals surface area (Å²) in [4.78, 5) is 8.48. The van der Waals surface area contributed by atoms with Crippen LogP contribution in [0.1, 0.15) is 27.2 Å². The van der Waals surface area contributed by atoms with Crippen LogP contribution >= 0.6 is 24.0 Å². The lowest BCUT2D eigenvalue weighted by atomic mass is 10.1. The molecular formula is C17H31IN4O2. The van der Waals surface area contributed by atoms with Gasteiger partial charge >= 0.3 is 0 Å². The second kappa shape index (κ2) is 15.4. The second-order valence-corrected chi connectivity index (χ2v) is 5.52. The molecule has 0 bridgehead atoms. The van der Waals surface area contributed by atoms with Crippen LogP contribution in [0.4, 0.5) is 0 Å². The van der Waals surface area contributed by atoms with Crippen LogP contribution in [-0.4, -0.2) is 50.4 Å². The summed E-state index contributed by atoms with van der Waals surface area (Å²) >= 11 is 0. The summed E-state index contributed by atoms with van der Waals surface area (Å²) in [5, 5.41) is 6.44. The van der Waals surface area contributed by atoms with E-state index in [0.29, 0.717) is 32.2 Å². The van der Waals surface area contributed by atoms with E-state index in [1.165, 1.54) is 0 Å². The highest BCUT2D eigenvalue weighted by Gasteiger charge is 1.98. The van der Waals surface area contributed by atoms with E-state index in [9.17, 15) is 0 Å². The molecular weight excluding hydrogens is 419 g/mol. The summed E-state index contributed by atoms with van der Waals surface area (Å²) in [5.41, 5.74) is 0. The molecule has 1 rings (SSSR count). The Bertz CT molecular complexity index is 430. The average molecular weight is 450 g/mol. The Kier molecular flexibility index (Phi) is 14.7. The quantitative estimate of drug-likeness (QED) is 0.235. The van der Waals surface area contributed by atoms with Gasteiger partial charge in [0.1, 0.15) is 12.4 Å². The number of halogens is 1. The fourth-order valence-electron chi connectivity index (χ4n) is 1.76. The molecule has 0 spiro atoms. The molecule has 0 unspecified atom stereocenters. The minimum atomic E-state index is 0. The topological polar surface area (TPSA) is 67.8 Å². The lowest BCUT2D eigenvalue weighted by Crippen LogP contribution is -2.39. The smallest absolute Gasteiger partial charge is 0.191 e. The number of aliphatic imine (C=N–C) groups is 1. The van der Waals surface area contributed by atoms with Gasteiger partial charge in [-0.3, -0.25) is 9.98 Å². The third-order valence-electron chi connectivity index (χ3n) is 2.99. The molecule has 0 fully saturated rings. The Hall–Kier alpha value is -1.09. The van der Waals surface area contributed by atoms with Gasteiger partial charge in [0.25, 0.3) is 0 Å². The van der Waals surface area contributed by atoms with E-state index in [-0.39, 0.29) is 24.0 Å². The zero-order valence-electron chi connectivity index (χ0n) is 15.0. The molecule has 0 aliphatic carbocycles. The van der Waals surface area contributed by atoms with Gasteiger partial charge in [-0.15, -0.1) is 24.0 Å². The number of nitrogens with zero attached hydrogens (tertiary/aromatic N) is 2. The highest BCUT2D eigenvalue weighted by molar-refractivity contribution is 14.0. The Balaban J connectivity index is 0.00000529. The number of pyridine rings is 1. The Morgan fingerprint density at radius 1 is 1.25 bits per heavy atom. The van der Waals surface area contributed by atoms with Crippen LogP contribution in [0.2, 0.25) is 0 Å². The van der Waals surface area contributed by atoms with E-state index in [1.54, 1.807) is 12.4 Å². The lowest BCUT2D eigenvalue weighted by molar-refractivity contribution is 0.130. The summed E-state index contributed by atoms with van der Waals surface area (Å²) in [7, 11) is 0. The molecule has 0 aliphatic rings. The van der Waals surface area contributed by atoms with Gasteiger partial charge in [-0.05, 0) is 31.4 Å². The van der Waals surface area contributed by atoms with Crippen molar-refractivity contribution in [3.8, 4) is 5.75 Å². The van der Waals surface area contributed by atoms with Crippen molar-refractivity contribution in [2.24, 2.45) is 10.9 Å². The average Bonchev–Trinajstić information content (AvgIpc) is 2.55. The number of nitrogens with one attached hydrogen (secondary N) is 2. The van der Waals surface area contributed by atoms with Crippen LogP contribution in [-0.2, 0) is 4.74 Å². The summed E-state index contributed by atoms with van der Waals surface area (Å²) in [6, 6.07) is 3.74. The van der Waals surface area contributed by atoms with Gasteiger partial charge in [-0.2, -0.15) is 0 Å². The van der Waals surface area contributed by atoms with Crippen molar-refractivity contribution < 1.29 is 9.47 Å². The number of hydrogen-bond donors (Lipinski definition) is 2. The third-order valence-corrected chi connectivity index (χ3v) is 2.99. The normalized spacial score (nSPS) is 11.1. The van der Waals surface area contributed by atoms with Crippen LogP contribution < -0.4 is 15.4 Å². The Labute approximate surface area is 162 Å². The molecule has 0 aromatic carbocycles. The van der Waals surface area contributed by atoms with E-state index in [1.807, 2.05) is 19.1 Å². The maximum Gasteiger partial charge on any atom is 0.191 e. The number of ether oxygens (including phenoxy) is 2. The minimum Gasteiger partial charge on any atom is -0.490 e. The molecule has 0 aliphatic heterocycles. The van der Waals surface area contributed by atoms with Crippen molar-refractivity contribution >= 4 is 29.9 Å². The molecule has 138 valence electrons. The van der Waals surface area contributed by atoms with Crippen LogP contribution in [0, 0.1) is 5.92 Å². The number of rotatable bonds is 11. The molecule has 0 saturated carbocycles. The van der Waals surface area contributed by atoms with Crippen molar-refractivity contribution in [1.29, 1.82) is 0 Å². The molecule has 1 aromatic rings. The fraction of sp³-hybridized carbons (Fsp3) is 0.647. The maximum absolute atomic E-state index is 5.58. The van der Waals surface area contributed by atoms with Gasteiger partial charge in [0.05, 0.1) is 25.9 Å². The fourth-order valence-corrected chi connectivity index (χ4v) is 1.76. The van der Waals surface area contributed by atoms with Gasteiger partial charge < -0.3 is 20.1 Å². The summed E-state index contributed by atoms with van der Waals surface area (Å²) in [5.74, 6) is 2.24. The Morgan fingerprint density at radius 3 is 2.75 bits per heavy atom. The molecule has 0 saturated heterocycles. The predicted molar refractivity (Wildman–Crippen MR) is 109 cm³/mol.